The van der Waals surface area contributed by atoms with Gasteiger partial charge in [-0.3, -0.25) is 4.79 Å². The van der Waals surface area contributed by atoms with E-state index in [0.29, 0.717) is 11.4 Å². The number of nitrogens with zero attached hydrogens (tertiary/aromatic N) is 5. The number of rotatable bonds is 6. The van der Waals surface area contributed by atoms with E-state index in [-0.39, 0.29) is 27.4 Å². The van der Waals surface area contributed by atoms with Crippen molar-refractivity contribution in [1.82, 2.24) is 20.2 Å². The summed E-state index contributed by atoms with van der Waals surface area (Å²) in [6.07, 6.45) is -4.79. The summed E-state index contributed by atoms with van der Waals surface area (Å²) >= 11 is 7.01. The third-order valence-electron chi connectivity index (χ3n) is 3.76. The number of alkyl halides is 3. The van der Waals surface area contributed by atoms with Gasteiger partial charge in [0.2, 0.25) is 11.1 Å². The molecular weight excluding hydrogens is 457 g/mol. The van der Waals surface area contributed by atoms with Crippen molar-refractivity contribution < 1.29 is 22.7 Å². The normalized spacial score (nSPS) is 12.1. The van der Waals surface area contributed by atoms with Crippen molar-refractivity contribution in [2.75, 3.05) is 5.32 Å². The number of benzene rings is 2. The number of carbonyl (C=O) groups excluding carboxylic acids is 1. The van der Waals surface area contributed by atoms with Crippen LogP contribution in [0.4, 0.5) is 18.9 Å². The number of halogens is 4. The molecule has 1 amide bonds. The van der Waals surface area contributed by atoms with Crippen LogP contribution in [-0.4, -0.2) is 37.7 Å². The van der Waals surface area contributed by atoms with Crippen LogP contribution in [0.25, 0.3) is 5.69 Å². The first-order valence-corrected chi connectivity index (χ1v) is 9.74. The molecule has 0 saturated heterocycles. The van der Waals surface area contributed by atoms with Crippen LogP contribution in [0.2, 0.25) is 5.02 Å². The molecule has 13 heteroatoms. The van der Waals surface area contributed by atoms with E-state index in [1.807, 2.05) is 6.07 Å². The summed E-state index contributed by atoms with van der Waals surface area (Å²) in [4.78, 5) is 12.5. The predicted octanol–water partition coefficient (Wildman–Crippen LogP) is 4.21. The second-order valence-electron chi connectivity index (χ2n) is 5.97. The molecule has 1 aromatic heterocycles. The molecule has 0 bridgehead atoms. The Morgan fingerprint density at radius 3 is 2.61 bits per heavy atom. The maximum atomic E-state index is 12.5. The maximum absolute atomic E-state index is 12.5. The highest BCUT2D eigenvalue weighted by Crippen LogP contribution is 2.27. The molecule has 0 aliphatic rings. The van der Waals surface area contributed by atoms with Gasteiger partial charge in [0, 0.05) is 5.69 Å². The van der Waals surface area contributed by atoms with E-state index in [9.17, 15) is 18.0 Å². The van der Waals surface area contributed by atoms with Crippen LogP contribution in [0.1, 0.15) is 12.5 Å². The summed E-state index contributed by atoms with van der Waals surface area (Å²) < 4.78 is 42.0. The summed E-state index contributed by atoms with van der Waals surface area (Å²) in [5.41, 5.74) is 1.09. The van der Waals surface area contributed by atoms with Crippen molar-refractivity contribution in [2.24, 2.45) is 0 Å². The number of ether oxygens (including phenoxy) is 1. The van der Waals surface area contributed by atoms with Gasteiger partial charge in [-0.2, -0.15) is 9.94 Å². The third kappa shape index (κ3) is 5.87. The number of hydrogen-bond donors (Lipinski definition) is 1. The Bertz CT molecular complexity index is 1130. The molecule has 1 atom stereocenters. The zero-order valence-electron chi connectivity index (χ0n) is 15.6. The highest BCUT2D eigenvalue weighted by atomic mass is 35.5. The second kappa shape index (κ2) is 9.23. The molecule has 0 fully saturated rings. The number of nitrogens with one attached hydrogen (secondary N) is 1. The topological polar surface area (TPSA) is 106 Å². The highest BCUT2D eigenvalue weighted by Gasteiger charge is 2.31. The van der Waals surface area contributed by atoms with Gasteiger partial charge in [-0.1, -0.05) is 23.4 Å². The molecule has 3 aromatic rings. The lowest BCUT2D eigenvalue weighted by Crippen LogP contribution is -2.23. The lowest BCUT2D eigenvalue weighted by atomic mass is 10.2. The Morgan fingerprint density at radius 1 is 1.29 bits per heavy atom. The second-order valence-corrected chi connectivity index (χ2v) is 7.69. The molecule has 8 nitrogen and oxygen atoms in total. The summed E-state index contributed by atoms with van der Waals surface area (Å²) in [5, 5.41) is 22.6. The first-order valence-electron chi connectivity index (χ1n) is 8.48. The number of aromatic nitrogens is 4. The molecule has 2 aromatic carbocycles. The maximum Gasteiger partial charge on any atom is 0.573 e. The van der Waals surface area contributed by atoms with Crippen LogP contribution in [0.3, 0.4) is 0 Å². The van der Waals surface area contributed by atoms with E-state index in [1.54, 1.807) is 13.0 Å². The van der Waals surface area contributed by atoms with Crippen molar-refractivity contribution >= 4 is 35.0 Å². The summed E-state index contributed by atoms with van der Waals surface area (Å²) in [7, 11) is 0. The molecule has 0 aliphatic heterocycles. The van der Waals surface area contributed by atoms with E-state index in [4.69, 9.17) is 16.9 Å². The van der Waals surface area contributed by atoms with Gasteiger partial charge in [-0.25, -0.2) is 0 Å². The van der Waals surface area contributed by atoms with E-state index < -0.39 is 11.6 Å². The zero-order valence-corrected chi connectivity index (χ0v) is 17.2. The minimum absolute atomic E-state index is 0.211. The van der Waals surface area contributed by atoms with Crippen molar-refractivity contribution in [2.45, 2.75) is 23.7 Å². The van der Waals surface area contributed by atoms with Crippen LogP contribution >= 0.6 is 23.4 Å². The summed E-state index contributed by atoms with van der Waals surface area (Å²) in [6.45, 7) is 1.63. The van der Waals surface area contributed by atoms with Crippen molar-refractivity contribution in [3.05, 3.63) is 53.1 Å². The Hall–Kier alpha value is -3.30. The van der Waals surface area contributed by atoms with E-state index >= 15 is 0 Å². The number of carbonyl (C=O) groups is 1. The Morgan fingerprint density at radius 2 is 2.00 bits per heavy atom. The number of anilines is 1. The SMILES string of the molecule is CC(Sc1nnnn1-c1ccc(OC(F)(F)F)cc1)C(=O)Nc1ccc(C#N)c(Cl)c1. The van der Waals surface area contributed by atoms with Crippen LogP contribution in [0, 0.1) is 11.3 Å². The van der Waals surface area contributed by atoms with Gasteiger partial charge in [-0.05, 0) is 59.8 Å². The highest BCUT2D eigenvalue weighted by molar-refractivity contribution is 8.00. The van der Waals surface area contributed by atoms with E-state index in [2.05, 4.69) is 25.6 Å². The minimum Gasteiger partial charge on any atom is -0.406 e. The minimum atomic E-state index is -4.79. The van der Waals surface area contributed by atoms with Gasteiger partial charge in [-0.15, -0.1) is 18.3 Å². The molecule has 3 rings (SSSR count). The van der Waals surface area contributed by atoms with Crippen LogP contribution in [-0.2, 0) is 4.79 Å². The van der Waals surface area contributed by atoms with Gasteiger partial charge in [0.1, 0.15) is 11.8 Å². The third-order valence-corrected chi connectivity index (χ3v) is 5.11. The molecule has 0 aliphatic carbocycles. The van der Waals surface area contributed by atoms with Gasteiger partial charge < -0.3 is 10.1 Å². The predicted molar refractivity (Wildman–Crippen MR) is 106 cm³/mol. The average Bonchev–Trinajstić information content (AvgIpc) is 3.15. The lowest BCUT2D eigenvalue weighted by molar-refractivity contribution is -0.274. The average molecular weight is 469 g/mol. The fraction of sp³-hybridized carbons (Fsp3) is 0.167. The monoisotopic (exact) mass is 468 g/mol. The summed E-state index contributed by atoms with van der Waals surface area (Å²) in [6, 6.07) is 11.4. The van der Waals surface area contributed by atoms with Gasteiger partial charge >= 0.3 is 6.36 Å². The lowest BCUT2D eigenvalue weighted by Gasteiger charge is -2.12. The molecule has 31 heavy (non-hydrogen) atoms. The molecule has 1 N–H and O–H groups in total. The quantitative estimate of drug-likeness (QED) is 0.540. The van der Waals surface area contributed by atoms with E-state index in [0.717, 1.165) is 23.9 Å². The number of amides is 1. The van der Waals surface area contributed by atoms with E-state index in [1.165, 1.54) is 28.9 Å². The van der Waals surface area contributed by atoms with Gasteiger partial charge in [0.25, 0.3) is 0 Å². The first-order chi connectivity index (χ1) is 14.7. The Balaban J connectivity index is 1.68. The smallest absolute Gasteiger partial charge is 0.406 e. The standard InChI is InChI=1S/C18H12ClF3N6O2S/c1-10(16(29)24-12-3-2-11(9-23)15(19)8-12)31-17-25-26-27-28(17)13-4-6-14(7-5-13)30-18(20,21)22/h2-8,10H,1H3,(H,24,29). The fourth-order valence-electron chi connectivity index (χ4n) is 2.34. The molecule has 0 spiro atoms. The molecule has 1 heterocycles. The van der Waals surface area contributed by atoms with Gasteiger partial charge in [0.05, 0.1) is 21.5 Å². The Kier molecular flexibility index (Phi) is 6.67. The largest absolute Gasteiger partial charge is 0.573 e. The molecule has 0 radical (unpaired) electrons. The zero-order chi connectivity index (χ0) is 22.6. The van der Waals surface area contributed by atoms with Crippen LogP contribution in [0.5, 0.6) is 5.75 Å². The molecular formula is C18H12ClF3N6O2S. The fourth-order valence-corrected chi connectivity index (χ4v) is 3.37. The summed E-state index contributed by atoms with van der Waals surface area (Å²) in [5.74, 6) is -0.749. The van der Waals surface area contributed by atoms with Crippen LogP contribution in [0.15, 0.2) is 47.6 Å². The van der Waals surface area contributed by atoms with Crippen molar-refractivity contribution in [1.29, 1.82) is 5.26 Å². The Labute approximate surface area is 182 Å². The number of tetrazole rings is 1. The molecule has 160 valence electrons. The number of nitriles is 1. The van der Waals surface area contributed by atoms with Crippen LogP contribution < -0.4 is 10.1 Å². The number of thioether (sulfide) groups is 1. The molecule has 1 unspecified atom stereocenters. The van der Waals surface area contributed by atoms with Gasteiger partial charge in [0.15, 0.2) is 0 Å². The first kappa shape index (κ1) is 22.4. The molecule has 0 saturated carbocycles. The van der Waals surface area contributed by atoms with Crippen molar-refractivity contribution in [3.63, 3.8) is 0 Å². The van der Waals surface area contributed by atoms with Crippen molar-refractivity contribution in [3.8, 4) is 17.5 Å². The number of hydrogen-bond acceptors (Lipinski definition) is 7.